The maximum absolute atomic E-state index is 15.3. The van der Waals surface area contributed by atoms with Crippen LogP contribution >= 0.6 is 0 Å². The van der Waals surface area contributed by atoms with E-state index in [1.807, 2.05) is 0 Å². The smallest absolute Gasteiger partial charge is 0.417 e. The van der Waals surface area contributed by atoms with Crippen LogP contribution in [0, 0.1) is 43.8 Å². The van der Waals surface area contributed by atoms with Gasteiger partial charge in [0.15, 0.2) is 0 Å². The molecule has 6 unspecified atom stereocenters. The van der Waals surface area contributed by atoms with Crippen molar-refractivity contribution in [2.24, 2.45) is 22.9 Å². The fourth-order valence-electron chi connectivity index (χ4n) is 10.9. The third kappa shape index (κ3) is 13.3. The summed E-state index contributed by atoms with van der Waals surface area (Å²) < 4.78 is 45.9. The van der Waals surface area contributed by atoms with E-state index in [9.17, 15) is 39.6 Å². The number of ether oxygens (including phenoxy) is 5. The number of aliphatic hydroxyl groups is 2. The van der Waals surface area contributed by atoms with E-state index in [0.717, 1.165) is 0 Å². The lowest BCUT2D eigenvalue weighted by molar-refractivity contribution is -0.385. The van der Waals surface area contributed by atoms with Crippen LogP contribution in [-0.4, -0.2) is 88.5 Å². The third-order valence-corrected chi connectivity index (χ3v) is 14.5. The van der Waals surface area contributed by atoms with E-state index in [2.05, 4.69) is 18.0 Å². The second kappa shape index (κ2) is 26.3. The molecule has 0 bridgehead atoms. The van der Waals surface area contributed by atoms with Gasteiger partial charge < -0.3 is 43.6 Å². The van der Waals surface area contributed by atoms with Gasteiger partial charge in [-0.05, 0) is 133 Å². The molecule has 8 rings (SSSR count). The topological polar surface area (TPSA) is 244 Å². The number of benzene rings is 5. The first kappa shape index (κ1) is 56.7. The zero-order valence-electron chi connectivity index (χ0n) is 43.7. The Kier molecular flexibility index (Phi) is 18.9. The van der Waals surface area contributed by atoms with Crippen molar-refractivity contribution in [3.8, 4) is 23.0 Å². The van der Waals surface area contributed by atoms with E-state index in [1.165, 1.54) is 74.9 Å². The number of hydrogen-bond donors (Lipinski definition) is 3. The molecule has 1 aliphatic heterocycles. The number of hydrogen-bond acceptors (Lipinski definition) is 15. The van der Waals surface area contributed by atoms with Gasteiger partial charge in [-0.25, -0.2) is 9.18 Å². The van der Waals surface area contributed by atoms with Gasteiger partial charge in [0.05, 0.1) is 48.0 Å². The number of oxime groups is 1. The molecule has 19 nitrogen and oxygen atoms in total. The minimum absolute atomic E-state index is 0.0215. The van der Waals surface area contributed by atoms with Crippen LogP contribution < -0.4 is 24.3 Å². The van der Waals surface area contributed by atoms with Crippen LogP contribution in [-0.2, 0) is 27.5 Å². The number of nitro benzene ring substituents is 2. The van der Waals surface area contributed by atoms with E-state index in [4.69, 9.17) is 33.7 Å². The third-order valence-electron chi connectivity index (χ3n) is 14.5. The largest absolute Gasteiger partial charge is 0.497 e. The number of rotatable bonds is 25. The molecule has 414 valence electrons. The highest BCUT2D eigenvalue weighted by Gasteiger charge is 2.65. The highest BCUT2D eigenvalue weighted by molar-refractivity contribution is 6.03. The molecule has 0 saturated heterocycles. The van der Waals surface area contributed by atoms with E-state index in [0.29, 0.717) is 95.0 Å². The summed E-state index contributed by atoms with van der Waals surface area (Å²) in [5, 5.41) is 50.8. The average molecular weight is 1080 g/mol. The van der Waals surface area contributed by atoms with Gasteiger partial charge >= 0.3 is 6.09 Å². The van der Waals surface area contributed by atoms with Gasteiger partial charge in [0.25, 0.3) is 11.4 Å². The van der Waals surface area contributed by atoms with Crippen LogP contribution in [0.3, 0.4) is 0 Å². The molecule has 0 aromatic heterocycles. The molecule has 0 radical (unpaired) electrons. The number of nitro groups is 2. The summed E-state index contributed by atoms with van der Waals surface area (Å²) in [7, 11) is 2.97. The summed E-state index contributed by atoms with van der Waals surface area (Å²) in [5.74, 6) is -3.11. The Morgan fingerprint density at radius 1 is 0.861 bits per heavy atom. The fraction of sp³-hybridized carbons (Fsp3) is 0.339. The van der Waals surface area contributed by atoms with Gasteiger partial charge in [-0.2, -0.15) is 0 Å². The number of nitrogens with zero attached hydrogens (tertiary/aromatic N) is 4. The molecule has 2 amide bonds. The molecular weight excluding hydrogens is 1020 g/mol. The SMILES string of the molecule is C=CCOC12Oc3ccc(OC(=O)Nc4ccc(OC)cc4OC)cc3C3C(CCCCO)C(CCCCO)C=C(C(=NOCc4ccc([N+](=O)[O-])cc4)CC1N(Cc1ccc(F)cc1)C(=O)C=Cc1ccc([N+](=O)[O-])cc1)C32. The van der Waals surface area contributed by atoms with Crippen LogP contribution in [0.15, 0.2) is 145 Å². The number of unbranched alkanes of at least 4 members (excludes halogenated alkanes) is 2. The molecule has 20 heteroatoms. The molecule has 1 heterocycles. The minimum Gasteiger partial charge on any atom is -0.497 e. The van der Waals surface area contributed by atoms with E-state index in [-0.39, 0.29) is 68.4 Å². The zero-order chi connectivity index (χ0) is 56.1. The highest BCUT2D eigenvalue weighted by atomic mass is 19.1. The van der Waals surface area contributed by atoms with Gasteiger partial charge in [-0.1, -0.05) is 42.3 Å². The highest BCUT2D eigenvalue weighted by Crippen LogP contribution is 2.62. The lowest BCUT2D eigenvalue weighted by Gasteiger charge is -2.60. The van der Waals surface area contributed by atoms with Crippen molar-refractivity contribution in [3.05, 3.63) is 188 Å². The predicted octanol–water partition coefficient (Wildman–Crippen LogP) is 10.8. The molecule has 3 aliphatic rings. The van der Waals surface area contributed by atoms with Crippen LogP contribution in [0.25, 0.3) is 6.08 Å². The van der Waals surface area contributed by atoms with Crippen molar-refractivity contribution in [2.45, 2.75) is 75.8 Å². The summed E-state index contributed by atoms with van der Waals surface area (Å²) in [4.78, 5) is 58.8. The molecule has 79 heavy (non-hydrogen) atoms. The second-order valence-corrected chi connectivity index (χ2v) is 19.3. The van der Waals surface area contributed by atoms with E-state index < -0.39 is 51.3 Å². The fourth-order valence-corrected chi connectivity index (χ4v) is 10.9. The Hall–Kier alpha value is -8.46. The van der Waals surface area contributed by atoms with Crippen LogP contribution in [0.2, 0.25) is 0 Å². The number of non-ortho nitro benzene ring substituents is 2. The normalized spacial score (nSPS) is 20.4. The number of allylic oxidation sites excluding steroid dienone is 1. The molecular formula is C59H62FN5O14. The Balaban J connectivity index is 1.31. The molecule has 3 N–H and O–H groups in total. The van der Waals surface area contributed by atoms with Crippen molar-refractivity contribution in [1.29, 1.82) is 0 Å². The standard InChI is InChI=1S/C59H62FN5O14/c1-4-31-76-59-54(63(36-39-11-18-42(60)19-12-39)55(68)28-17-38-13-20-43(21-14-38)64(70)71)35-51(62-77-37-40-15-22-44(23-16-40)65(72)73)48-32-41(9-5-7-29-66)47(10-6-8-30-67)56(57(48)59)49-33-46(25-27-52(49)79-59)78-58(69)61-50-26-24-45(74-2)34-53(50)75-3/h4,11-28,32-34,41,47,54,56-57,66-67H,1,5-10,29-31,35-37H2,2-3H3,(H,61,69). The van der Waals surface area contributed by atoms with Crippen LogP contribution in [0.4, 0.5) is 26.2 Å². The molecule has 0 spiro atoms. The van der Waals surface area contributed by atoms with Crippen molar-refractivity contribution >= 4 is 40.9 Å². The van der Waals surface area contributed by atoms with Crippen molar-refractivity contribution in [1.82, 2.24) is 4.90 Å². The average Bonchev–Trinajstić information content (AvgIpc) is 3.46. The minimum atomic E-state index is -1.75. The molecule has 5 aromatic carbocycles. The van der Waals surface area contributed by atoms with Crippen LogP contribution in [0.1, 0.15) is 73.1 Å². The Morgan fingerprint density at radius 2 is 1.53 bits per heavy atom. The van der Waals surface area contributed by atoms with Crippen molar-refractivity contribution in [2.75, 3.05) is 39.4 Å². The monoisotopic (exact) mass is 1080 g/mol. The van der Waals surface area contributed by atoms with Gasteiger partial charge in [0, 0.05) is 74.1 Å². The second-order valence-electron chi connectivity index (χ2n) is 19.3. The summed E-state index contributed by atoms with van der Waals surface area (Å²) in [6.45, 7) is 3.69. The Labute approximate surface area is 455 Å². The number of aliphatic hydroxyl groups excluding tert-OH is 2. The van der Waals surface area contributed by atoms with Gasteiger partial charge in [-0.3, -0.25) is 30.3 Å². The number of carbonyl (C=O) groups excluding carboxylic acids is 2. The van der Waals surface area contributed by atoms with Gasteiger partial charge in [0.1, 0.15) is 41.5 Å². The molecule has 1 fully saturated rings. The first-order chi connectivity index (χ1) is 38.3. The van der Waals surface area contributed by atoms with Gasteiger partial charge in [0.2, 0.25) is 11.7 Å². The lowest BCUT2D eigenvalue weighted by Crippen LogP contribution is -2.70. The number of fused-ring (bicyclic) bond motifs is 2. The number of nitrogens with one attached hydrogen (secondary N) is 1. The van der Waals surface area contributed by atoms with E-state index >= 15 is 4.79 Å². The lowest BCUT2D eigenvalue weighted by atomic mass is 9.55. The van der Waals surface area contributed by atoms with Crippen LogP contribution in [0.5, 0.6) is 23.0 Å². The summed E-state index contributed by atoms with van der Waals surface area (Å²) in [6.07, 6.45) is 9.31. The number of anilines is 1. The molecule has 1 saturated carbocycles. The number of halogens is 1. The summed E-state index contributed by atoms with van der Waals surface area (Å²) in [6, 6.07) is 26.2. The molecule has 2 aliphatic carbocycles. The van der Waals surface area contributed by atoms with Crippen molar-refractivity contribution in [3.63, 3.8) is 0 Å². The molecule has 5 aromatic rings. The predicted molar refractivity (Wildman–Crippen MR) is 291 cm³/mol. The number of methoxy groups -OCH3 is 2. The molecule has 6 atom stereocenters. The Bertz CT molecular complexity index is 3080. The van der Waals surface area contributed by atoms with Gasteiger partial charge in [-0.15, -0.1) is 6.58 Å². The van der Waals surface area contributed by atoms with Crippen molar-refractivity contribution < 1.29 is 62.6 Å². The van der Waals surface area contributed by atoms with E-state index in [1.54, 1.807) is 71.6 Å². The summed E-state index contributed by atoms with van der Waals surface area (Å²) in [5.41, 5.74) is 3.53. The summed E-state index contributed by atoms with van der Waals surface area (Å²) >= 11 is 0. The first-order valence-corrected chi connectivity index (χ1v) is 25.9. The first-order valence-electron chi connectivity index (χ1n) is 25.9. The quantitative estimate of drug-likeness (QED) is 0.0162. The maximum Gasteiger partial charge on any atom is 0.417 e. The maximum atomic E-state index is 15.3. The zero-order valence-corrected chi connectivity index (χ0v) is 43.7. The number of amides is 2. The Morgan fingerprint density at radius 3 is 2.19 bits per heavy atom. The number of carbonyl (C=O) groups is 2.